The largest absolute Gasteiger partial charge is 0.456 e. The van der Waals surface area contributed by atoms with Crippen molar-refractivity contribution in [2.24, 2.45) is 0 Å². The predicted molar refractivity (Wildman–Crippen MR) is 202 cm³/mol. The van der Waals surface area contributed by atoms with Crippen LogP contribution in [0.2, 0.25) is 0 Å². The van der Waals surface area contributed by atoms with E-state index in [2.05, 4.69) is 157 Å². The molecule has 0 saturated heterocycles. The van der Waals surface area contributed by atoms with Crippen LogP contribution in [0.1, 0.15) is 0 Å². The van der Waals surface area contributed by atoms with E-state index < -0.39 is 0 Å². The van der Waals surface area contributed by atoms with E-state index in [1.165, 1.54) is 0 Å². The summed E-state index contributed by atoms with van der Waals surface area (Å²) >= 11 is 0. The van der Waals surface area contributed by atoms with Crippen LogP contribution in [0.4, 0.5) is 17.1 Å². The van der Waals surface area contributed by atoms with Gasteiger partial charge in [0, 0.05) is 39.0 Å². The number of benzene rings is 7. The molecule has 0 radical (unpaired) electrons. The second-order valence-corrected chi connectivity index (χ2v) is 12.2. The van der Waals surface area contributed by atoms with Gasteiger partial charge in [0.05, 0.1) is 0 Å². The lowest BCUT2D eigenvalue weighted by Crippen LogP contribution is -2.09. The molecule has 0 aliphatic carbocycles. The summed E-state index contributed by atoms with van der Waals surface area (Å²) in [4.78, 5) is 2.29. The molecule has 0 saturated carbocycles. The maximum absolute atomic E-state index is 6.08. The molecular weight excluding hydrogens is 599 g/mol. The zero-order valence-corrected chi connectivity index (χ0v) is 26.7. The van der Waals surface area contributed by atoms with E-state index in [0.29, 0.717) is 0 Å². The van der Waals surface area contributed by atoms with Crippen LogP contribution in [0, 0.1) is 0 Å². The number of para-hydroxylation sites is 3. The summed E-state index contributed by atoms with van der Waals surface area (Å²) in [6, 6.07) is 65.7. The van der Waals surface area contributed by atoms with Crippen LogP contribution in [0.15, 0.2) is 197 Å². The van der Waals surface area contributed by atoms with Crippen molar-refractivity contribution in [2.75, 3.05) is 4.90 Å². The van der Waals surface area contributed by atoms with E-state index in [9.17, 15) is 0 Å². The fourth-order valence-corrected chi connectivity index (χ4v) is 6.53. The van der Waals surface area contributed by atoms with E-state index in [0.717, 1.165) is 83.9 Å². The Kier molecular flexibility index (Phi) is 7.14. The average molecular weight is 630 g/mol. The molecule has 0 aliphatic heterocycles. The Morgan fingerprint density at radius 3 is 1.02 bits per heavy atom. The van der Waals surface area contributed by atoms with Gasteiger partial charge in [-0.2, -0.15) is 0 Å². The molecule has 9 rings (SSSR count). The Morgan fingerprint density at radius 2 is 0.612 bits per heavy atom. The summed E-state index contributed by atoms with van der Waals surface area (Å²) in [5.74, 6) is 1.76. The van der Waals surface area contributed by atoms with Gasteiger partial charge in [-0.15, -0.1) is 0 Å². The summed E-state index contributed by atoms with van der Waals surface area (Å²) in [5, 5.41) is 2.23. The van der Waals surface area contributed by atoms with Gasteiger partial charge in [-0.25, -0.2) is 0 Å². The first-order valence-corrected chi connectivity index (χ1v) is 16.5. The molecule has 2 heterocycles. The Labute approximate surface area is 284 Å². The molecule has 3 heteroatoms. The number of nitrogens with zero attached hydrogens (tertiary/aromatic N) is 1. The van der Waals surface area contributed by atoms with Crippen LogP contribution < -0.4 is 4.90 Å². The van der Waals surface area contributed by atoms with Gasteiger partial charge in [-0.05, 0) is 82.9 Å². The first-order chi connectivity index (χ1) is 24.2. The first-order valence-electron chi connectivity index (χ1n) is 16.5. The molecule has 3 nitrogen and oxygen atoms in total. The molecule has 9 aromatic rings. The second kappa shape index (κ2) is 12.2. The van der Waals surface area contributed by atoms with E-state index in [1.54, 1.807) is 0 Å². The molecule has 0 amide bonds. The Hall–Kier alpha value is -6.58. The minimum Gasteiger partial charge on any atom is -0.456 e. The number of hydrogen-bond donors (Lipinski definition) is 0. The second-order valence-electron chi connectivity index (χ2n) is 12.2. The standard InChI is InChI=1S/C46H31NO2/c1-2-10-40(11-3-1)47(41-26-22-34(23-27-41)32-14-18-36(19-15-32)45-30-38-8-4-6-12-43(38)48-45)42-28-24-35(25-29-42)33-16-20-37(21-17-33)46-31-39-9-5-7-13-44(39)49-46/h1-31H. The third-order valence-electron chi connectivity index (χ3n) is 9.12. The highest BCUT2D eigenvalue weighted by Crippen LogP contribution is 2.37. The molecule has 2 aromatic heterocycles. The molecule has 0 atom stereocenters. The smallest absolute Gasteiger partial charge is 0.135 e. The summed E-state index contributed by atoms with van der Waals surface area (Å²) in [5.41, 5.74) is 11.9. The summed E-state index contributed by atoms with van der Waals surface area (Å²) in [6.07, 6.45) is 0. The van der Waals surface area contributed by atoms with Crippen molar-refractivity contribution in [3.8, 4) is 44.9 Å². The SMILES string of the molecule is c1ccc(N(c2ccc(-c3ccc(-c4cc5ccccc5o4)cc3)cc2)c2ccc(-c3ccc(-c4cc5ccccc5o4)cc3)cc2)cc1. The number of fused-ring (bicyclic) bond motifs is 2. The maximum atomic E-state index is 6.08. The van der Waals surface area contributed by atoms with Crippen LogP contribution in [-0.2, 0) is 0 Å². The van der Waals surface area contributed by atoms with Crippen molar-refractivity contribution in [2.45, 2.75) is 0 Å². The zero-order valence-electron chi connectivity index (χ0n) is 26.7. The summed E-state index contributed by atoms with van der Waals surface area (Å²) < 4.78 is 12.2. The summed E-state index contributed by atoms with van der Waals surface area (Å²) in [6.45, 7) is 0. The molecule has 49 heavy (non-hydrogen) atoms. The number of anilines is 3. The highest BCUT2D eigenvalue weighted by atomic mass is 16.3. The van der Waals surface area contributed by atoms with Gasteiger partial charge in [0.25, 0.3) is 0 Å². The monoisotopic (exact) mass is 629 g/mol. The van der Waals surface area contributed by atoms with Crippen LogP contribution in [-0.4, -0.2) is 0 Å². The minimum absolute atomic E-state index is 0.882. The molecule has 7 aromatic carbocycles. The van der Waals surface area contributed by atoms with Crippen molar-refractivity contribution in [1.29, 1.82) is 0 Å². The van der Waals surface area contributed by atoms with Gasteiger partial charge >= 0.3 is 0 Å². The van der Waals surface area contributed by atoms with E-state index in [1.807, 2.05) is 36.4 Å². The number of furan rings is 2. The third kappa shape index (κ3) is 5.58. The molecule has 0 fully saturated rings. The quantitative estimate of drug-likeness (QED) is 0.176. The van der Waals surface area contributed by atoms with E-state index in [-0.39, 0.29) is 0 Å². The lowest BCUT2D eigenvalue weighted by molar-refractivity contribution is 0.631. The topological polar surface area (TPSA) is 29.5 Å². The van der Waals surface area contributed by atoms with Crippen LogP contribution in [0.25, 0.3) is 66.8 Å². The fraction of sp³-hybridized carbons (Fsp3) is 0. The highest BCUT2D eigenvalue weighted by molar-refractivity contribution is 5.85. The van der Waals surface area contributed by atoms with Crippen molar-refractivity contribution in [3.05, 3.63) is 188 Å². The molecule has 0 spiro atoms. The Bertz CT molecular complexity index is 2280. The summed E-state index contributed by atoms with van der Waals surface area (Å²) in [7, 11) is 0. The van der Waals surface area contributed by atoms with Crippen molar-refractivity contribution >= 4 is 39.0 Å². The number of hydrogen-bond acceptors (Lipinski definition) is 3. The van der Waals surface area contributed by atoms with Gasteiger partial charge in [-0.3, -0.25) is 0 Å². The van der Waals surface area contributed by atoms with E-state index in [4.69, 9.17) is 8.83 Å². The van der Waals surface area contributed by atoms with Crippen LogP contribution >= 0.6 is 0 Å². The van der Waals surface area contributed by atoms with Crippen molar-refractivity contribution < 1.29 is 8.83 Å². The minimum atomic E-state index is 0.882. The van der Waals surface area contributed by atoms with Crippen LogP contribution in [0.5, 0.6) is 0 Å². The Morgan fingerprint density at radius 1 is 0.286 bits per heavy atom. The van der Waals surface area contributed by atoms with E-state index >= 15 is 0 Å². The molecule has 0 bridgehead atoms. The molecule has 0 unspecified atom stereocenters. The Balaban J connectivity index is 0.968. The van der Waals surface area contributed by atoms with Gasteiger partial charge < -0.3 is 13.7 Å². The molecule has 232 valence electrons. The van der Waals surface area contributed by atoms with Gasteiger partial charge in [0.15, 0.2) is 0 Å². The van der Waals surface area contributed by atoms with Gasteiger partial charge in [0.1, 0.15) is 22.7 Å². The third-order valence-corrected chi connectivity index (χ3v) is 9.12. The average Bonchev–Trinajstić information content (AvgIpc) is 3.81. The van der Waals surface area contributed by atoms with Crippen molar-refractivity contribution in [3.63, 3.8) is 0 Å². The lowest BCUT2D eigenvalue weighted by Gasteiger charge is -2.26. The molecule has 0 N–H and O–H groups in total. The lowest BCUT2D eigenvalue weighted by atomic mass is 10.0. The maximum Gasteiger partial charge on any atom is 0.135 e. The number of rotatable bonds is 7. The van der Waals surface area contributed by atoms with Crippen molar-refractivity contribution in [1.82, 2.24) is 0 Å². The van der Waals surface area contributed by atoms with Gasteiger partial charge in [-0.1, -0.05) is 127 Å². The fourth-order valence-electron chi connectivity index (χ4n) is 6.53. The zero-order chi connectivity index (χ0) is 32.6. The predicted octanol–water partition coefficient (Wildman–Crippen LogP) is 13.3. The highest BCUT2D eigenvalue weighted by Gasteiger charge is 2.14. The first kappa shape index (κ1) is 28.6. The molecule has 0 aliphatic rings. The molecular formula is C46H31NO2. The van der Waals surface area contributed by atoms with Gasteiger partial charge in [0.2, 0.25) is 0 Å². The van der Waals surface area contributed by atoms with Crippen LogP contribution in [0.3, 0.4) is 0 Å². The normalized spacial score (nSPS) is 11.3.